The van der Waals surface area contributed by atoms with Crippen molar-refractivity contribution in [2.45, 2.75) is 19.4 Å². The Bertz CT molecular complexity index is 403. The summed E-state index contributed by atoms with van der Waals surface area (Å²) in [5, 5.41) is 14.1. The SMILES string of the molecule is Cc1ccc(C(O)Cc2ccsc2)cc1. The molecule has 0 bridgehead atoms. The highest BCUT2D eigenvalue weighted by molar-refractivity contribution is 7.07. The van der Waals surface area contributed by atoms with Gasteiger partial charge in [0.2, 0.25) is 0 Å². The van der Waals surface area contributed by atoms with Crippen molar-refractivity contribution in [1.29, 1.82) is 0 Å². The molecule has 2 rings (SSSR count). The molecule has 2 heteroatoms. The van der Waals surface area contributed by atoms with Crippen LogP contribution in [0.15, 0.2) is 41.1 Å². The summed E-state index contributed by atoms with van der Waals surface area (Å²) < 4.78 is 0. The quantitative estimate of drug-likeness (QED) is 0.837. The molecule has 0 spiro atoms. The maximum Gasteiger partial charge on any atom is 0.0830 e. The van der Waals surface area contributed by atoms with Crippen LogP contribution in [0.3, 0.4) is 0 Å². The van der Waals surface area contributed by atoms with Gasteiger partial charge in [-0.25, -0.2) is 0 Å². The molecule has 1 aromatic heterocycles. The van der Waals surface area contributed by atoms with Crippen molar-refractivity contribution in [3.63, 3.8) is 0 Å². The molecular weight excluding hydrogens is 204 g/mol. The Morgan fingerprint density at radius 3 is 2.53 bits per heavy atom. The molecule has 0 radical (unpaired) electrons. The Kier molecular flexibility index (Phi) is 3.19. The molecule has 1 unspecified atom stereocenters. The number of hydrogen-bond acceptors (Lipinski definition) is 2. The van der Waals surface area contributed by atoms with Gasteiger partial charge < -0.3 is 5.11 Å². The van der Waals surface area contributed by atoms with Gasteiger partial charge in [0.05, 0.1) is 6.10 Å². The predicted molar refractivity (Wildman–Crippen MR) is 64.2 cm³/mol. The van der Waals surface area contributed by atoms with E-state index in [9.17, 15) is 5.11 Å². The molecule has 1 nitrogen and oxygen atoms in total. The van der Waals surface area contributed by atoms with Gasteiger partial charge in [0.15, 0.2) is 0 Å². The van der Waals surface area contributed by atoms with Crippen molar-refractivity contribution in [2.24, 2.45) is 0 Å². The Morgan fingerprint density at radius 1 is 1.20 bits per heavy atom. The molecule has 1 atom stereocenters. The first-order valence-electron chi connectivity index (χ1n) is 5.01. The molecule has 1 heterocycles. The highest BCUT2D eigenvalue weighted by Crippen LogP contribution is 2.19. The van der Waals surface area contributed by atoms with E-state index in [1.165, 1.54) is 11.1 Å². The third kappa shape index (κ3) is 2.67. The molecule has 1 N–H and O–H groups in total. The highest BCUT2D eigenvalue weighted by Gasteiger charge is 2.08. The fourth-order valence-electron chi connectivity index (χ4n) is 1.54. The number of aliphatic hydroxyl groups excluding tert-OH is 1. The standard InChI is InChI=1S/C13H14OS/c1-10-2-4-12(5-3-10)13(14)8-11-6-7-15-9-11/h2-7,9,13-14H,8H2,1H3. The van der Waals surface area contributed by atoms with Crippen LogP contribution in [0.4, 0.5) is 0 Å². The zero-order valence-electron chi connectivity index (χ0n) is 8.68. The van der Waals surface area contributed by atoms with Gasteiger partial charge in [-0.15, -0.1) is 0 Å². The van der Waals surface area contributed by atoms with Gasteiger partial charge in [0, 0.05) is 6.42 Å². The number of thiophene rings is 1. The van der Waals surface area contributed by atoms with Gasteiger partial charge in [0.25, 0.3) is 0 Å². The lowest BCUT2D eigenvalue weighted by Crippen LogP contribution is -2.00. The molecule has 0 aliphatic heterocycles. The second kappa shape index (κ2) is 4.60. The average Bonchev–Trinajstić information content (AvgIpc) is 2.71. The van der Waals surface area contributed by atoms with E-state index in [2.05, 4.69) is 18.4 Å². The van der Waals surface area contributed by atoms with Crippen LogP contribution < -0.4 is 0 Å². The van der Waals surface area contributed by atoms with Crippen molar-refractivity contribution in [1.82, 2.24) is 0 Å². The molecule has 0 fully saturated rings. The van der Waals surface area contributed by atoms with Crippen LogP contribution in [0.5, 0.6) is 0 Å². The topological polar surface area (TPSA) is 20.2 Å². The number of aliphatic hydroxyl groups is 1. The summed E-state index contributed by atoms with van der Waals surface area (Å²) in [6.45, 7) is 2.05. The number of benzene rings is 1. The van der Waals surface area contributed by atoms with E-state index in [-0.39, 0.29) is 6.10 Å². The third-order valence-corrected chi connectivity index (χ3v) is 3.20. The second-order valence-corrected chi connectivity index (χ2v) is 4.54. The first-order chi connectivity index (χ1) is 7.25. The Morgan fingerprint density at radius 2 is 1.93 bits per heavy atom. The van der Waals surface area contributed by atoms with E-state index >= 15 is 0 Å². The smallest absolute Gasteiger partial charge is 0.0830 e. The molecule has 0 aliphatic rings. The summed E-state index contributed by atoms with van der Waals surface area (Å²) in [6, 6.07) is 10.1. The summed E-state index contributed by atoms with van der Waals surface area (Å²) in [7, 11) is 0. The van der Waals surface area contributed by atoms with Gasteiger partial charge in [0.1, 0.15) is 0 Å². The Hall–Kier alpha value is -1.12. The first kappa shape index (κ1) is 10.4. The fraction of sp³-hybridized carbons (Fsp3) is 0.231. The normalized spacial score (nSPS) is 12.7. The molecule has 2 aromatic rings. The van der Waals surface area contributed by atoms with Gasteiger partial charge in [-0.05, 0) is 34.9 Å². The van der Waals surface area contributed by atoms with Crippen LogP contribution in [-0.2, 0) is 6.42 Å². The van der Waals surface area contributed by atoms with Crippen LogP contribution >= 0.6 is 11.3 Å². The molecule has 0 amide bonds. The highest BCUT2D eigenvalue weighted by atomic mass is 32.1. The fourth-order valence-corrected chi connectivity index (χ4v) is 2.22. The minimum atomic E-state index is -0.389. The lowest BCUT2D eigenvalue weighted by Gasteiger charge is -2.09. The van der Waals surface area contributed by atoms with Gasteiger partial charge in [-0.1, -0.05) is 29.8 Å². The van der Waals surface area contributed by atoms with Crippen molar-refractivity contribution >= 4 is 11.3 Å². The number of aryl methyl sites for hydroxylation is 1. The minimum absolute atomic E-state index is 0.389. The van der Waals surface area contributed by atoms with Crippen LogP contribution in [0.1, 0.15) is 22.8 Å². The van der Waals surface area contributed by atoms with E-state index in [0.717, 1.165) is 5.56 Å². The molecular formula is C13H14OS. The Balaban J connectivity index is 2.08. The Labute approximate surface area is 94.0 Å². The maximum atomic E-state index is 9.99. The summed E-state index contributed by atoms with van der Waals surface area (Å²) in [5.41, 5.74) is 3.42. The molecule has 0 aliphatic carbocycles. The van der Waals surface area contributed by atoms with Crippen molar-refractivity contribution in [2.75, 3.05) is 0 Å². The molecule has 1 aromatic carbocycles. The lowest BCUT2D eigenvalue weighted by atomic mass is 10.0. The molecule has 78 valence electrons. The van der Waals surface area contributed by atoms with Crippen molar-refractivity contribution in [3.8, 4) is 0 Å². The van der Waals surface area contributed by atoms with E-state index in [4.69, 9.17) is 0 Å². The van der Waals surface area contributed by atoms with Crippen molar-refractivity contribution in [3.05, 3.63) is 57.8 Å². The minimum Gasteiger partial charge on any atom is -0.388 e. The van der Waals surface area contributed by atoms with E-state index in [0.29, 0.717) is 6.42 Å². The third-order valence-electron chi connectivity index (χ3n) is 2.47. The molecule has 0 saturated carbocycles. The monoisotopic (exact) mass is 218 g/mol. The van der Waals surface area contributed by atoms with Crippen LogP contribution in [-0.4, -0.2) is 5.11 Å². The van der Waals surface area contributed by atoms with Gasteiger partial charge >= 0.3 is 0 Å². The summed E-state index contributed by atoms with van der Waals surface area (Å²) >= 11 is 1.67. The van der Waals surface area contributed by atoms with Gasteiger partial charge in [-0.2, -0.15) is 11.3 Å². The van der Waals surface area contributed by atoms with E-state index in [1.807, 2.05) is 29.6 Å². The zero-order valence-corrected chi connectivity index (χ0v) is 9.50. The largest absolute Gasteiger partial charge is 0.388 e. The van der Waals surface area contributed by atoms with Crippen LogP contribution in [0.2, 0.25) is 0 Å². The second-order valence-electron chi connectivity index (χ2n) is 3.76. The van der Waals surface area contributed by atoms with Crippen LogP contribution in [0.25, 0.3) is 0 Å². The summed E-state index contributed by atoms with van der Waals surface area (Å²) in [5.74, 6) is 0. The number of rotatable bonds is 3. The predicted octanol–water partition coefficient (Wildman–Crippen LogP) is 3.33. The molecule has 0 saturated heterocycles. The summed E-state index contributed by atoms with van der Waals surface area (Å²) in [4.78, 5) is 0. The first-order valence-corrected chi connectivity index (χ1v) is 5.95. The average molecular weight is 218 g/mol. The lowest BCUT2D eigenvalue weighted by molar-refractivity contribution is 0.178. The summed E-state index contributed by atoms with van der Waals surface area (Å²) in [6.07, 6.45) is 0.312. The van der Waals surface area contributed by atoms with Crippen molar-refractivity contribution < 1.29 is 5.11 Å². The van der Waals surface area contributed by atoms with Gasteiger partial charge in [-0.3, -0.25) is 0 Å². The molecule has 15 heavy (non-hydrogen) atoms. The van der Waals surface area contributed by atoms with Crippen LogP contribution in [0, 0.1) is 6.92 Å². The number of hydrogen-bond donors (Lipinski definition) is 1. The van der Waals surface area contributed by atoms with E-state index in [1.54, 1.807) is 11.3 Å². The zero-order chi connectivity index (χ0) is 10.7. The van der Waals surface area contributed by atoms with E-state index < -0.39 is 0 Å². The maximum absolute atomic E-state index is 9.99.